The highest BCUT2D eigenvalue weighted by atomic mass is 35.5. The van der Waals surface area contributed by atoms with Gasteiger partial charge in [0.15, 0.2) is 0 Å². The third-order valence-corrected chi connectivity index (χ3v) is 3.61. The van der Waals surface area contributed by atoms with Gasteiger partial charge in [0.25, 0.3) is 0 Å². The fraction of sp³-hybridized carbons (Fsp3) is 0. The summed E-state index contributed by atoms with van der Waals surface area (Å²) in [7, 11) is 0. The number of hydrogen-bond donors (Lipinski definition) is 3. The first-order valence-corrected chi connectivity index (χ1v) is 7.36. The molecule has 23 heavy (non-hydrogen) atoms. The molecule has 116 valence electrons. The van der Waals surface area contributed by atoms with Gasteiger partial charge in [-0.05, 0) is 54.6 Å². The van der Waals surface area contributed by atoms with Gasteiger partial charge in [-0.25, -0.2) is 4.79 Å². The van der Waals surface area contributed by atoms with Gasteiger partial charge in [-0.1, -0.05) is 11.6 Å². The lowest BCUT2D eigenvalue weighted by Gasteiger charge is -2.09. The zero-order chi connectivity index (χ0) is 16.2. The topological polar surface area (TPSA) is 72.1 Å². The van der Waals surface area contributed by atoms with Crippen molar-refractivity contribution >= 4 is 34.7 Å². The number of aromatic nitrogens is 1. The standard InChI is InChI=1S/C17H15ClN4O/c18-15-11-13(5-8-16(15)19)21-17(23)20-12-3-6-14(7-4-12)22-9-1-2-10-22/h1-11H,19H2,(H2,20,21,23). The zero-order valence-corrected chi connectivity index (χ0v) is 12.9. The molecule has 1 heterocycles. The Hall–Kier alpha value is -2.92. The first-order valence-electron chi connectivity index (χ1n) is 6.98. The lowest BCUT2D eigenvalue weighted by atomic mass is 10.2. The number of nitrogens with two attached hydrogens (primary N) is 1. The molecule has 6 heteroatoms. The summed E-state index contributed by atoms with van der Waals surface area (Å²) in [5.41, 5.74) is 8.39. The average molecular weight is 327 g/mol. The fourth-order valence-electron chi connectivity index (χ4n) is 2.12. The highest BCUT2D eigenvalue weighted by Gasteiger charge is 2.05. The molecular formula is C17H15ClN4O. The molecule has 5 nitrogen and oxygen atoms in total. The molecule has 0 aliphatic rings. The Balaban J connectivity index is 1.64. The lowest BCUT2D eigenvalue weighted by molar-refractivity contribution is 0.262. The Morgan fingerprint density at radius 2 is 1.57 bits per heavy atom. The van der Waals surface area contributed by atoms with Crippen molar-refractivity contribution in [1.29, 1.82) is 0 Å². The second-order valence-electron chi connectivity index (χ2n) is 4.95. The summed E-state index contributed by atoms with van der Waals surface area (Å²) in [5, 5.41) is 5.87. The Bertz CT molecular complexity index is 813. The van der Waals surface area contributed by atoms with Crippen LogP contribution in [-0.2, 0) is 0 Å². The smallest absolute Gasteiger partial charge is 0.323 e. The van der Waals surface area contributed by atoms with E-state index in [-0.39, 0.29) is 6.03 Å². The Labute approximate surface area is 138 Å². The maximum atomic E-state index is 12.0. The summed E-state index contributed by atoms with van der Waals surface area (Å²) >= 11 is 5.92. The van der Waals surface area contributed by atoms with Crippen LogP contribution in [0.1, 0.15) is 0 Å². The van der Waals surface area contributed by atoms with Gasteiger partial charge < -0.3 is 20.9 Å². The average Bonchev–Trinajstić information content (AvgIpc) is 3.06. The number of carbonyl (C=O) groups excluding carboxylic acids is 1. The highest BCUT2D eigenvalue weighted by molar-refractivity contribution is 6.33. The minimum atomic E-state index is -0.348. The molecule has 0 unspecified atom stereocenters. The molecule has 0 aliphatic heterocycles. The summed E-state index contributed by atoms with van der Waals surface area (Å²) in [6.07, 6.45) is 3.92. The van der Waals surface area contributed by atoms with E-state index >= 15 is 0 Å². The summed E-state index contributed by atoms with van der Waals surface area (Å²) in [6.45, 7) is 0. The number of hydrogen-bond acceptors (Lipinski definition) is 2. The molecule has 0 bridgehead atoms. The van der Waals surface area contributed by atoms with Crippen molar-refractivity contribution in [2.75, 3.05) is 16.4 Å². The number of nitrogens with one attached hydrogen (secondary N) is 2. The molecule has 3 rings (SSSR count). The summed E-state index contributed by atoms with van der Waals surface area (Å²) < 4.78 is 1.99. The van der Waals surface area contributed by atoms with Crippen molar-refractivity contribution in [3.8, 4) is 5.69 Å². The van der Waals surface area contributed by atoms with Gasteiger partial charge in [-0.3, -0.25) is 0 Å². The third-order valence-electron chi connectivity index (χ3n) is 3.29. The van der Waals surface area contributed by atoms with Crippen LogP contribution in [0.25, 0.3) is 5.69 Å². The minimum Gasteiger partial charge on any atom is -0.398 e. The SMILES string of the molecule is Nc1ccc(NC(=O)Nc2ccc(-n3cccc3)cc2)cc1Cl. The molecule has 0 fully saturated rings. The van der Waals surface area contributed by atoms with Crippen LogP contribution < -0.4 is 16.4 Å². The number of anilines is 3. The van der Waals surface area contributed by atoms with Gasteiger partial charge in [-0.15, -0.1) is 0 Å². The molecule has 0 atom stereocenters. The van der Waals surface area contributed by atoms with Crippen molar-refractivity contribution in [3.05, 3.63) is 72.0 Å². The van der Waals surface area contributed by atoms with E-state index in [1.807, 2.05) is 53.4 Å². The molecule has 0 saturated heterocycles. The van der Waals surface area contributed by atoms with Crippen molar-refractivity contribution < 1.29 is 4.79 Å². The fourth-order valence-corrected chi connectivity index (χ4v) is 2.30. The second-order valence-corrected chi connectivity index (χ2v) is 5.36. The van der Waals surface area contributed by atoms with Gasteiger partial charge >= 0.3 is 6.03 Å². The predicted octanol–water partition coefficient (Wildman–Crippen LogP) is 4.36. The molecule has 0 saturated carbocycles. The van der Waals surface area contributed by atoms with E-state index in [9.17, 15) is 4.79 Å². The number of carbonyl (C=O) groups is 1. The van der Waals surface area contributed by atoms with Crippen LogP contribution in [0, 0.1) is 0 Å². The zero-order valence-electron chi connectivity index (χ0n) is 12.2. The quantitative estimate of drug-likeness (QED) is 0.626. The van der Waals surface area contributed by atoms with Crippen LogP contribution in [0.4, 0.5) is 21.9 Å². The van der Waals surface area contributed by atoms with Crippen LogP contribution in [0.15, 0.2) is 67.0 Å². The highest BCUT2D eigenvalue weighted by Crippen LogP contribution is 2.22. The summed E-state index contributed by atoms with van der Waals surface area (Å²) in [5.74, 6) is 0. The van der Waals surface area contributed by atoms with E-state index in [1.54, 1.807) is 18.2 Å². The van der Waals surface area contributed by atoms with Crippen molar-refractivity contribution in [1.82, 2.24) is 4.57 Å². The molecule has 2 amide bonds. The number of urea groups is 1. The van der Waals surface area contributed by atoms with Crippen LogP contribution in [0.5, 0.6) is 0 Å². The molecular weight excluding hydrogens is 312 g/mol. The van der Waals surface area contributed by atoms with Gasteiger partial charge in [0.1, 0.15) is 0 Å². The van der Waals surface area contributed by atoms with E-state index in [4.69, 9.17) is 17.3 Å². The third kappa shape index (κ3) is 3.64. The maximum Gasteiger partial charge on any atom is 0.323 e. The van der Waals surface area contributed by atoms with E-state index in [0.29, 0.717) is 22.1 Å². The summed E-state index contributed by atoms with van der Waals surface area (Å²) in [4.78, 5) is 12.0. The second kappa shape index (κ2) is 6.46. The summed E-state index contributed by atoms with van der Waals surface area (Å²) in [6, 6.07) is 16.0. The first-order chi connectivity index (χ1) is 11.1. The van der Waals surface area contributed by atoms with Crippen LogP contribution in [-0.4, -0.2) is 10.6 Å². The molecule has 1 aromatic heterocycles. The number of rotatable bonds is 3. The number of amides is 2. The molecule has 3 aromatic rings. The molecule has 0 aliphatic carbocycles. The predicted molar refractivity (Wildman–Crippen MR) is 94.3 cm³/mol. The number of nitrogens with zero attached hydrogens (tertiary/aromatic N) is 1. The largest absolute Gasteiger partial charge is 0.398 e. The minimum absolute atomic E-state index is 0.348. The van der Waals surface area contributed by atoms with Crippen LogP contribution >= 0.6 is 11.6 Å². The molecule has 2 aromatic carbocycles. The van der Waals surface area contributed by atoms with Gasteiger partial charge in [0.05, 0.1) is 10.7 Å². The number of halogens is 1. The van der Waals surface area contributed by atoms with Crippen molar-refractivity contribution in [2.24, 2.45) is 0 Å². The van der Waals surface area contributed by atoms with E-state index in [0.717, 1.165) is 5.69 Å². The Kier molecular flexibility index (Phi) is 4.21. The molecule has 4 N–H and O–H groups in total. The Morgan fingerprint density at radius 1 is 0.957 bits per heavy atom. The monoisotopic (exact) mass is 326 g/mol. The van der Waals surface area contributed by atoms with E-state index in [1.165, 1.54) is 0 Å². The molecule has 0 radical (unpaired) electrons. The normalized spacial score (nSPS) is 10.3. The maximum absolute atomic E-state index is 12.0. The Morgan fingerprint density at radius 3 is 2.22 bits per heavy atom. The number of nitrogen functional groups attached to an aromatic ring is 1. The van der Waals surface area contributed by atoms with Crippen LogP contribution in [0.3, 0.4) is 0 Å². The van der Waals surface area contributed by atoms with E-state index < -0.39 is 0 Å². The van der Waals surface area contributed by atoms with E-state index in [2.05, 4.69) is 10.6 Å². The lowest BCUT2D eigenvalue weighted by Crippen LogP contribution is -2.19. The van der Waals surface area contributed by atoms with Crippen LogP contribution in [0.2, 0.25) is 5.02 Å². The first kappa shape index (κ1) is 15.0. The van der Waals surface area contributed by atoms with Crippen molar-refractivity contribution in [2.45, 2.75) is 0 Å². The molecule has 0 spiro atoms. The number of benzene rings is 2. The van der Waals surface area contributed by atoms with Crippen molar-refractivity contribution in [3.63, 3.8) is 0 Å². The van der Waals surface area contributed by atoms with Gasteiger partial charge in [0, 0.05) is 29.5 Å². The van der Waals surface area contributed by atoms with Gasteiger partial charge in [0.2, 0.25) is 0 Å². The van der Waals surface area contributed by atoms with Gasteiger partial charge in [-0.2, -0.15) is 0 Å².